The highest BCUT2D eigenvalue weighted by molar-refractivity contribution is 6.30. The van der Waals surface area contributed by atoms with E-state index in [9.17, 15) is 4.79 Å². The summed E-state index contributed by atoms with van der Waals surface area (Å²) in [6.07, 6.45) is 3.87. The van der Waals surface area contributed by atoms with Crippen molar-refractivity contribution < 1.29 is 4.79 Å². The van der Waals surface area contributed by atoms with Crippen LogP contribution in [0.25, 0.3) is 0 Å². The number of nitrogens with one attached hydrogen (secondary N) is 1. The fraction of sp³-hybridized carbons (Fsp3) is 0.435. The van der Waals surface area contributed by atoms with Crippen molar-refractivity contribution in [1.29, 1.82) is 0 Å². The van der Waals surface area contributed by atoms with Crippen LogP contribution in [0.2, 0.25) is 5.02 Å². The summed E-state index contributed by atoms with van der Waals surface area (Å²) in [6.45, 7) is 0.503. The monoisotopic (exact) mass is 418 g/mol. The molecule has 150 valence electrons. The molecule has 0 radical (unpaired) electrons. The van der Waals surface area contributed by atoms with Crippen LogP contribution in [0.3, 0.4) is 0 Å². The molecule has 0 heterocycles. The molecule has 1 atom stereocenters. The van der Waals surface area contributed by atoms with E-state index in [1.165, 1.54) is 5.56 Å². The highest BCUT2D eigenvalue weighted by atomic mass is 35.5. The van der Waals surface area contributed by atoms with Crippen LogP contribution in [0.5, 0.6) is 0 Å². The highest BCUT2D eigenvalue weighted by Gasteiger charge is 2.37. The summed E-state index contributed by atoms with van der Waals surface area (Å²) in [6, 6.07) is 17.8. The quantitative estimate of drug-likeness (QED) is 0.624. The Hall–Kier alpha value is -1.55. The molecule has 0 bridgehead atoms. The van der Waals surface area contributed by atoms with Crippen LogP contribution < -0.4 is 5.32 Å². The number of carbonyl (C=O) groups is 1. The van der Waals surface area contributed by atoms with E-state index in [0.29, 0.717) is 24.1 Å². The number of carbonyl (C=O) groups excluding carboxylic acids is 1. The molecule has 3 nitrogen and oxygen atoms in total. The molecule has 1 amide bonds. The Morgan fingerprint density at radius 1 is 1.11 bits per heavy atom. The summed E-state index contributed by atoms with van der Waals surface area (Å²) in [4.78, 5) is 14.2. The molecular formula is C23H28Cl2N2O. The van der Waals surface area contributed by atoms with E-state index < -0.39 is 0 Å². The minimum atomic E-state index is -0.363. The summed E-state index contributed by atoms with van der Waals surface area (Å²) in [5.74, 6) is 0.475. The normalized spacial score (nSPS) is 23.4. The standard InChI is InChI=1S/C23H28Cl2N2O/c1-27(2)21(17-8-10-20(24)11-9-17)18-12-14-23(25,15-13-18)16-26-22(28)19-6-4-3-5-7-19/h3-11,18,21H,12-16H2,1-2H3,(H,26,28). The topological polar surface area (TPSA) is 32.3 Å². The minimum absolute atomic E-state index is 0.0601. The molecule has 2 aromatic carbocycles. The number of nitrogens with zero attached hydrogens (tertiary/aromatic N) is 1. The van der Waals surface area contributed by atoms with Crippen molar-refractivity contribution in [3.05, 3.63) is 70.7 Å². The summed E-state index contributed by atoms with van der Waals surface area (Å²) in [7, 11) is 4.25. The van der Waals surface area contributed by atoms with Crippen LogP contribution in [-0.2, 0) is 0 Å². The van der Waals surface area contributed by atoms with Crippen LogP contribution in [0.1, 0.15) is 47.6 Å². The number of hydrogen-bond acceptors (Lipinski definition) is 2. The van der Waals surface area contributed by atoms with Crippen molar-refractivity contribution in [2.75, 3.05) is 20.6 Å². The molecule has 1 unspecified atom stereocenters. The van der Waals surface area contributed by atoms with E-state index >= 15 is 0 Å². The average Bonchev–Trinajstić information content (AvgIpc) is 2.70. The molecule has 0 saturated heterocycles. The lowest BCUT2D eigenvalue weighted by molar-refractivity contribution is 0.0940. The largest absolute Gasteiger partial charge is 0.350 e. The zero-order valence-corrected chi connectivity index (χ0v) is 18.0. The number of halogens is 2. The second kappa shape index (κ2) is 9.30. The van der Waals surface area contributed by atoms with E-state index in [1.807, 2.05) is 42.5 Å². The van der Waals surface area contributed by atoms with Crippen LogP contribution in [0, 0.1) is 5.92 Å². The lowest BCUT2D eigenvalue weighted by Gasteiger charge is -2.41. The lowest BCUT2D eigenvalue weighted by Crippen LogP contribution is -2.43. The van der Waals surface area contributed by atoms with Crippen molar-refractivity contribution >= 4 is 29.1 Å². The molecule has 28 heavy (non-hydrogen) atoms. The van der Waals surface area contributed by atoms with Gasteiger partial charge >= 0.3 is 0 Å². The second-order valence-corrected chi connectivity index (χ2v) is 9.24. The van der Waals surface area contributed by atoms with Crippen molar-refractivity contribution in [2.24, 2.45) is 5.92 Å². The predicted octanol–water partition coefficient (Wildman–Crippen LogP) is 5.54. The van der Waals surface area contributed by atoms with Gasteiger partial charge in [-0.25, -0.2) is 0 Å². The summed E-state index contributed by atoms with van der Waals surface area (Å²) in [5, 5.41) is 3.78. The zero-order chi connectivity index (χ0) is 20.1. The number of hydrogen-bond donors (Lipinski definition) is 1. The first-order valence-corrected chi connectivity index (χ1v) is 10.6. The van der Waals surface area contributed by atoms with E-state index in [2.05, 4.69) is 36.4 Å². The maximum Gasteiger partial charge on any atom is 0.251 e. The minimum Gasteiger partial charge on any atom is -0.350 e. The first-order chi connectivity index (χ1) is 13.4. The average molecular weight is 419 g/mol. The molecule has 1 saturated carbocycles. The van der Waals surface area contributed by atoms with Crippen molar-refractivity contribution in [1.82, 2.24) is 10.2 Å². The van der Waals surface area contributed by atoms with Gasteiger partial charge in [-0.15, -0.1) is 11.6 Å². The number of rotatable bonds is 6. The van der Waals surface area contributed by atoms with Crippen molar-refractivity contribution in [2.45, 2.75) is 36.6 Å². The van der Waals surface area contributed by atoms with Gasteiger partial charge in [0.2, 0.25) is 0 Å². The van der Waals surface area contributed by atoms with Gasteiger partial charge in [-0.3, -0.25) is 4.79 Å². The molecular weight excluding hydrogens is 391 g/mol. The van der Waals surface area contributed by atoms with Gasteiger partial charge in [0.15, 0.2) is 0 Å². The van der Waals surface area contributed by atoms with E-state index in [0.717, 1.165) is 30.7 Å². The summed E-state index contributed by atoms with van der Waals surface area (Å²) < 4.78 is 0. The van der Waals surface area contributed by atoms with Crippen LogP contribution in [0.15, 0.2) is 54.6 Å². The van der Waals surface area contributed by atoms with Gasteiger partial charge in [0.05, 0.1) is 4.87 Å². The Balaban J connectivity index is 1.59. The number of alkyl halides is 1. The second-order valence-electron chi connectivity index (χ2n) is 8.00. The molecule has 0 spiro atoms. The Kier molecular flexibility index (Phi) is 7.03. The third-order valence-electron chi connectivity index (χ3n) is 5.74. The molecule has 5 heteroatoms. The lowest BCUT2D eigenvalue weighted by atomic mass is 9.76. The van der Waals surface area contributed by atoms with E-state index in [4.69, 9.17) is 23.2 Å². The van der Waals surface area contributed by atoms with Gasteiger partial charge in [-0.2, -0.15) is 0 Å². The Morgan fingerprint density at radius 3 is 2.29 bits per heavy atom. The van der Waals surface area contributed by atoms with Gasteiger partial charge in [0.1, 0.15) is 0 Å². The van der Waals surface area contributed by atoms with Crippen molar-refractivity contribution in [3.8, 4) is 0 Å². The smallest absolute Gasteiger partial charge is 0.251 e. The maximum absolute atomic E-state index is 12.3. The fourth-order valence-corrected chi connectivity index (χ4v) is 4.64. The zero-order valence-electron chi connectivity index (χ0n) is 16.5. The molecule has 0 aliphatic heterocycles. The molecule has 1 fully saturated rings. The fourth-order valence-electron chi connectivity index (χ4n) is 4.23. The molecule has 3 rings (SSSR count). The van der Waals surface area contributed by atoms with E-state index in [-0.39, 0.29) is 10.8 Å². The Bertz CT molecular complexity index is 769. The van der Waals surface area contributed by atoms with Gasteiger partial charge in [-0.05, 0) is 75.5 Å². The summed E-state index contributed by atoms with van der Waals surface area (Å²) in [5.41, 5.74) is 1.96. The summed E-state index contributed by atoms with van der Waals surface area (Å²) >= 11 is 12.9. The van der Waals surface area contributed by atoms with Gasteiger partial charge in [0.25, 0.3) is 5.91 Å². The molecule has 1 aliphatic carbocycles. The maximum atomic E-state index is 12.3. The van der Waals surface area contributed by atoms with Gasteiger partial charge in [-0.1, -0.05) is 41.9 Å². The molecule has 1 N–H and O–H groups in total. The van der Waals surface area contributed by atoms with Crippen LogP contribution in [-0.4, -0.2) is 36.3 Å². The first kappa shape index (κ1) is 21.2. The molecule has 2 aromatic rings. The highest BCUT2D eigenvalue weighted by Crippen LogP contribution is 2.43. The predicted molar refractivity (Wildman–Crippen MR) is 117 cm³/mol. The number of amides is 1. The Morgan fingerprint density at radius 2 is 1.71 bits per heavy atom. The first-order valence-electron chi connectivity index (χ1n) is 9.82. The molecule has 0 aromatic heterocycles. The SMILES string of the molecule is CN(C)C(c1ccc(Cl)cc1)C1CCC(Cl)(CNC(=O)c2ccccc2)CC1. The van der Waals surface area contributed by atoms with Crippen LogP contribution >= 0.6 is 23.2 Å². The van der Waals surface area contributed by atoms with Gasteiger partial charge in [0, 0.05) is 23.2 Å². The molecule has 1 aliphatic rings. The van der Waals surface area contributed by atoms with Gasteiger partial charge < -0.3 is 10.2 Å². The van der Waals surface area contributed by atoms with Crippen LogP contribution in [0.4, 0.5) is 0 Å². The Labute approximate surface area is 178 Å². The third-order valence-corrected chi connectivity index (χ3v) is 6.51. The van der Waals surface area contributed by atoms with E-state index in [1.54, 1.807) is 0 Å². The third kappa shape index (κ3) is 5.28. The van der Waals surface area contributed by atoms with Crippen molar-refractivity contribution in [3.63, 3.8) is 0 Å². The number of benzene rings is 2.